The number of hydrogen-bond acceptors (Lipinski definition) is 4. The third-order valence-electron chi connectivity index (χ3n) is 5.17. The molecule has 0 N–H and O–H groups in total. The van der Waals surface area contributed by atoms with Crippen LogP contribution in [0.15, 0.2) is 24.3 Å². The number of piperidine rings is 2. The first kappa shape index (κ1) is 18.4. The van der Waals surface area contributed by atoms with Crippen molar-refractivity contribution in [3.63, 3.8) is 0 Å². The summed E-state index contributed by atoms with van der Waals surface area (Å²) < 4.78 is 33.7. The Balaban J connectivity index is 1.60. The van der Waals surface area contributed by atoms with Crippen LogP contribution in [0.5, 0.6) is 5.75 Å². The van der Waals surface area contributed by atoms with Gasteiger partial charge in [-0.1, -0.05) is 6.42 Å². The van der Waals surface area contributed by atoms with Gasteiger partial charge in [0.05, 0.1) is 7.11 Å². The molecular weight excluding hydrogens is 340 g/mol. The molecule has 0 aromatic heterocycles. The van der Waals surface area contributed by atoms with Crippen molar-refractivity contribution >= 4 is 16.0 Å². The van der Waals surface area contributed by atoms with Gasteiger partial charge in [0.15, 0.2) is 5.78 Å². The number of Topliss-reactive ketones (excluding diaryl/α,β-unsaturated/α-hetero) is 1. The first-order valence-corrected chi connectivity index (χ1v) is 10.4. The van der Waals surface area contributed by atoms with E-state index in [1.807, 2.05) is 0 Å². The molecule has 25 heavy (non-hydrogen) atoms. The van der Waals surface area contributed by atoms with Crippen LogP contribution in [0.2, 0.25) is 0 Å². The number of carbonyl (C=O) groups excluding carboxylic acids is 1. The van der Waals surface area contributed by atoms with Crippen molar-refractivity contribution < 1.29 is 17.9 Å². The highest BCUT2D eigenvalue weighted by atomic mass is 32.2. The number of rotatable bonds is 5. The summed E-state index contributed by atoms with van der Waals surface area (Å²) in [5.74, 6) is 0.706. The summed E-state index contributed by atoms with van der Waals surface area (Å²) in [6, 6.07) is 7.11. The van der Waals surface area contributed by atoms with Crippen LogP contribution in [0.25, 0.3) is 0 Å². The predicted octanol–water partition coefficient (Wildman–Crippen LogP) is 2.32. The molecule has 1 aromatic carbocycles. The lowest BCUT2D eigenvalue weighted by Crippen LogP contribution is -2.49. The van der Waals surface area contributed by atoms with E-state index in [-0.39, 0.29) is 11.7 Å². The number of hydrogen-bond donors (Lipinski definition) is 0. The molecule has 0 bridgehead atoms. The molecule has 1 aromatic rings. The van der Waals surface area contributed by atoms with Crippen molar-refractivity contribution in [1.29, 1.82) is 0 Å². The summed E-state index contributed by atoms with van der Waals surface area (Å²) in [5.41, 5.74) is 0.665. The molecule has 2 aliphatic rings. The van der Waals surface area contributed by atoms with Gasteiger partial charge in [-0.15, -0.1) is 0 Å². The fraction of sp³-hybridized carbons (Fsp3) is 0.611. The summed E-state index contributed by atoms with van der Waals surface area (Å²) in [6.07, 6.45) is 4.14. The number of ketones is 1. The normalized spacial score (nSPS) is 21.2. The minimum Gasteiger partial charge on any atom is -0.497 e. The van der Waals surface area contributed by atoms with E-state index in [2.05, 4.69) is 0 Å². The van der Waals surface area contributed by atoms with Crippen LogP contribution < -0.4 is 4.74 Å². The topological polar surface area (TPSA) is 66.9 Å². The Hall–Kier alpha value is -1.44. The molecule has 6 nitrogen and oxygen atoms in total. The van der Waals surface area contributed by atoms with Crippen LogP contribution in [0, 0.1) is 5.92 Å². The Labute approximate surface area is 149 Å². The molecule has 138 valence electrons. The maximum atomic E-state index is 12.7. The second-order valence-electron chi connectivity index (χ2n) is 6.73. The Morgan fingerprint density at radius 2 is 1.52 bits per heavy atom. The lowest BCUT2D eigenvalue weighted by molar-refractivity contribution is 0.0872. The van der Waals surface area contributed by atoms with Crippen LogP contribution in [0.4, 0.5) is 0 Å². The van der Waals surface area contributed by atoms with Crippen molar-refractivity contribution in [2.24, 2.45) is 5.92 Å². The minimum atomic E-state index is -3.37. The van der Waals surface area contributed by atoms with Crippen molar-refractivity contribution in [1.82, 2.24) is 8.61 Å². The standard InChI is InChI=1S/C18H26N2O4S/c1-24-17-7-5-15(6-8-17)18(21)16-9-13-20(14-10-16)25(22,23)19-11-3-2-4-12-19/h5-8,16H,2-4,9-14H2,1H3. The van der Waals surface area contributed by atoms with Crippen LogP contribution in [0.3, 0.4) is 0 Å². The average Bonchev–Trinajstić information content (AvgIpc) is 2.68. The van der Waals surface area contributed by atoms with Gasteiger partial charge in [0.2, 0.25) is 0 Å². The molecule has 2 heterocycles. The average molecular weight is 366 g/mol. The summed E-state index contributed by atoms with van der Waals surface area (Å²) >= 11 is 0. The molecule has 3 rings (SSSR count). The molecule has 2 saturated heterocycles. The number of benzene rings is 1. The highest BCUT2D eigenvalue weighted by Gasteiger charge is 2.35. The molecule has 0 radical (unpaired) electrons. The molecule has 7 heteroatoms. The summed E-state index contributed by atoms with van der Waals surface area (Å²) in [7, 11) is -1.78. The van der Waals surface area contributed by atoms with Crippen LogP contribution in [-0.4, -0.2) is 56.1 Å². The van der Waals surface area contributed by atoms with Crippen LogP contribution in [-0.2, 0) is 10.2 Å². The molecular formula is C18H26N2O4S. The van der Waals surface area contributed by atoms with Gasteiger partial charge < -0.3 is 4.74 Å². The molecule has 2 fully saturated rings. The lowest BCUT2D eigenvalue weighted by Gasteiger charge is -2.35. The quantitative estimate of drug-likeness (QED) is 0.750. The van der Waals surface area contributed by atoms with Gasteiger partial charge in [-0.2, -0.15) is 17.0 Å². The van der Waals surface area contributed by atoms with Crippen molar-refractivity contribution in [3.8, 4) is 5.75 Å². The zero-order chi connectivity index (χ0) is 17.9. The highest BCUT2D eigenvalue weighted by molar-refractivity contribution is 7.86. The SMILES string of the molecule is COc1ccc(C(=O)C2CCN(S(=O)(=O)N3CCCCC3)CC2)cc1. The monoisotopic (exact) mass is 366 g/mol. The van der Waals surface area contributed by atoms with E-state index in [1.54, 1.807) is 40.0 Å². The second-order valence-corrected chi connectivity index (χ2v) is 8.66. The maximum Gasteiger partial charge on any atom is 0.281 e. The number of nitrogens with zero attached hydrogens (tertiary/aromatic N) is 2. The zero-order valence-electron chi connectivity index (χ0n) is 14.7. The summed E-state index contributed by atoms with van der Waals surface area (Å²) in [4.78, 5) is 12.6. The number of ether oxygens (including phenoxy) is 1. The fourth-order valence-corrected chi connectivity index (χ4v) is 5.32. The first-order valence-electron chi connectivity index (χ1n) is 8.96. The highest BCUT2D eigenvalue weighted by Crippen LogP contribution is 2.26. The van der Waals surface area contributed by atoms with Crippen LogP contribution >= 0.6 is 0 Å². The van der Waals surface area contributed by atoms with Gasteiger partial charge in [0, 0.05) is 37.7 Å². The van der Waals surface area contributed by atoms with Gasteiger partial charge in [-0.05, 0) is 49.9 Å². The molecule has 0 spiro atoms. The molecule has 0 amide bonds. The molecule has 0 unspecified atom stereocenters. The predicted molar refractivity (Wildman–Crippen MR) is 96.0 cm³/mol. The number of carbonyl (C=O) groups is 1. The first-order chi connectivity index (χ1) is 12.0. The Morgan fingerprint density at radius 1 is 0.960 bits per heavy atom. The minimum absolute atomic E-state index is 0.0951. The zero-order valence-corrected chi connectivity index (χ0v) is 15.5. The van der Waals surface area contributed by atoms with E-state index in [4.69, 9.17) is 4.74 Å². The van der Waals surface area contributed by atoms with Crippen molar-refractivity contribution in [2.75, 3.05) is 33.3 Å². The number of methoxy groups -OCH3 is 1. The van der Waals surface area contributed by atoms with Gasteiger partial charge in [-0.25, -0.2) is 0 Å². The van der Waals surface area contributed by atoms with E-state index < -0.39 is 10.2 Å². The Morgan fingerprint density at radius 3 is 2.08 bits per heavy atom. The third kappa shape index (κ3) is 4.04. The Kier molecular flexibility index (Phi) is 5.76. The van der Waals surface area contributed by atoms with Crippen LogP contribution in [0.1, 0.15) is 42.5 Å². The maximum absolute atomic E-state index is 12.7. The largest absolute Gasteiger partial charge is 0.497 e. The van der Waals surface area contributed by atoms with E-state index >= 15 is 0 Å². The van der Waals surface area contributed by atoms with Gasteiger partial charge >= 0.3 is 0 Å². The Bertz CT molecular complexity index is 688. The fourth-order valence-electron chi connectivity index (χ4n) is 3.60. The van der Waals surface area contributed by atoms with Crippen molar-refractivity contribution in [3.05, 3.63) is 29.8 Å². The smallest absolute Gasteiger partial charge is 0.281 e. The van der Waals surface area contributed by atoms with E-state index in [0.29, 0.717) is 44.6 Å². The van der Waals surface area contributed by atoms with Gasteiger partial charge in [0.1, 0.15) is 5.75 Å². The van der Waals surface area contributed by atoms with Gasteiger partial charge in [0.25, 0.3) is 10.2 Å². The van der Waals surface area contributed by atoms with E-state index in [1.165, 1.54) is 0 Å². The van der Waals surface area contributed by atoms with Crippen molar-refractivity contribution in [2.45, 2.75) is 32.1 Å². The molecule has 0 saturated carbocycles. The summed E-state index contributed by atoms with van der Waals surface area (Å²) in [5, 5.41) is 0. The van der Waals surface area contributed by atoms with E-state index in [0.717, 1.165) is 25.0 Å². The molecule has 0 aliphatic carbocycles. The lowest BCUT2D eigenvalue weighted by atomic mass is 9.89. The summed E-state index contributed by atoms with van der Waals surface area (Å²) in [6.45, 7) is 2.08. The molecule has 2 aliphatic heterocycles. The second kappa shape index (κ2) is 7.85. The third-order valence-corrected chi connectivity index (χ3v) is 7.20. The van der Waals surface area contributed by atoms with Gasteiger partial charge in [-0.3, -0.25) is 4.79 Å². The molecule has 0 atom stereocenters. The van der Waals surface area contributed by atoms with E-state index in [9.17, 15) is 13.2 Å².